The lowest BCUT2D eigenvalue weighted by Crippen LogP contribution is -2.43. The Bertz CT molecular complexity index is 490. The first-order chi connectivity index (χ1) is 10.8. The zero-order valence-electron chi connectivity index (χ0n) is 13.0. The van der Waals surface area contributed by atoms with Crippen LogP contribution < -0.4 is 4.74 Å². The van der Waals surface area contributed by atoms with E-state index in [4.69, 9.17) is 4.74 Å². The van der Waals surface area contributed by atoms with Gasteiger partial charge in [-0.1, -0.05) is 31.0 Å². The maximum absolute atomic E-state index is 11.5. The molecule has 3 atom stereocenters. The smallest absolute Gasteiger partial charge is 0.320 e. The number of carboxylic acids is 1. The molecule has 0 radical (unpaired) electrons. The summed E-state index contributed by atoms with van der Waals surface area (Å²) in [5.41, 5.74) is 0. The number of nitrogens with zero attached hydrogens (tertiary/aromatic N) is 1. The van der Waals surface area contributed by atoms with E-state index in [1.807, 2.05) is 30.3 Å². The third-order valence-electron chi connectivity index (χ3n) is 5.08. The van der Waals surface area contributed by atoms with E-state index in [-0.39, 0.29) is 6.04 Å². The molecule has 0 bridgehead atoms. The molecule has 1 N–H and O–H groups in total. The van der Waals surface area contributed by atoms with Crippen LogP contribution in [-0.2, 0) is 4.79 Å². The van der Waals surface area contributed by atoms with Gasteiger partial charge in [-0.05, 0) is 43.7 Å². The number of para-hydroxylation sites is 1. The van der Waals surface area contributed by atoms with E-state index in [0.29, 0.717) is 18.6 Å². The van der Waals surface area contributed by atoms with Crippen LogP contribution in [0.1, 0.15) is 38.5 Å². The first kappa shape index (κ1) is 15.3. The van der Waals surface area contributed by atoms with Gasteiger partial charge in [-0.15, -0.1) is 0 Å². The quantitative estimate of drug-likeness (QED) is 0.820. The van der Waals surface area contributed by atoms with Crippen LogP contribution in [0.2, 0.25) is 0 Å². The topological polar surface area (TPSA) is 49.8 Å². The number of hydrogen-bond acceptors (Lipinski definition) is 3. The predicted molar refractivity (Wildman–Crippen MR) is 85.0 cm³/mol. The van der Waals surface area contributed by atoms with Crippen molar-refractivity contribution in [1.82, 2.24) is 4.90 Å². The summed E-state index contributed by atoms with van der Waals surface area (Å²) in [6.07, 6.45) is 6.57. The number of carboxylic acid groups (broad SMARTS) is 1. The Balaban J connectivity index is 1.51. The molecule has 0 spiro atoms. The average molecular weight is 303 g/mol. The van der Waals surface area contributed by atoms with E-state index < -0.39 is 5.97 Å². The molecule has 0 aromatic heterocycles. The summed E-state index contributed by atoms with van der Waals surface area (Å²) in [6.45, 7) is 1.47. The molecule has 2 aliphatic rings. The van der Waals surface area contributed by atoms with Gasteiger partial charge >= 0.3 is 5.97 Å². The number of benzene rings is 1. The first-order valence-corrected chi connectivity index (χ1v) is 8.42. The maximum atomic E-state index is 11.5. The molecule has 0 amide bonds. The SMILES string of the molecule is O=C(O)[C@@H]1C[C@@H]2CCCC[C@H]2N1CCCOc1ccccc1. The third kappa shape index (κ3) is 3.43. The number of carbonyl (C=O) groups is 1. The molecule has 4 nitrogen and oxygen atoms in total. The van der Waals surface area contributed by atoms with Gasteiger partial charge in [0.25, 0.3) is 0 Å². The van der Waals surface area contributed by atoms with Crippen molar-refractivity contribution in [3.05, 3.63) is 30.3 Å². The second-order valence-electron chi connectivity index (χ2n) is 6.45. The molecule has 1 aliphatic carbocycles. The lowest BCUT2D eigenvalue weighted by Gasteiger charge is -2.32. The molecular formula is C18H25NO3. The highest BCUT2D eigenvalue weighted by Crippen LogP contribution is 2.39. The summed E-state index contributed by atoms with van der Waals surface area (Å²) >= 11 is 0. The maximum Gasteiger partial charge on any atom is 0.320 e. The van der Waals surface area contributed by atoms with Crippen LogP contribution in [0.4, 0.5) is 0 Å². The fraction of sp³-hybridized carbons (Fsp3) is 0.611. The number of hydrogen-bond donors (Lipinski definition) is 1. The van der Waals surface area contributed by atoms with Crippen molar-refractivity contribution in [2.45, 2.75) is 50.6 Å². The van der Waals surface area contributed by atoms with Crippen LogP contribution in [0, 0.1) is 5.92 Å². The number of rotatable bonds is 6. The molecule has 1 aliphatic heterocycles. The largest absolute Gasteiger partial charge is 0.494 e. The van der Waals surface area contributed by atoms with Gasteiger partial charge < -0.3 is 9.84 Å². The highest BCUT2D eigenvalue weighted by atomic mass is 16.5. The van der Waals surface area contributed by atoms with Gasteiger partial charge in [-0.2, -0.15) is 0 Å². The number of ether oxygens (including phenoxy) is 1. The van der Waals surface area contributed by atoms with Crippen molar-refractivity contribution >= 4 is 5.97 Å². The summed E-state index contributed by atoms with van der Waals surface area (Å²) < 4.78 is 5.72. The van der Waals surface area contributed by atoms with Crippen molar-refractivity contribution in [1.29, 1.82) is 0 Å². The van der Waals surface area contributed by atoms with Crippen molar-refractivity contribution < 1.29 is 14.6 Å². The molecule has 120 valence electrons. The molecule has 22 heavy (non-hydrogen) atoms. The Morgan fingerprint density at radius 3 is 2.77 bits per heavy atom. The number of fused-ring (bicyclic) bond motifs is 1. The monoisotopic (exact) mass is 303 g/mol. The second kappa shape index (κ2) is 7.14. The molecule has 1 heterocycles. The number of aliphatic carboxylic acids is 1. The van der Waals surface area contributed by atoms with Gasteiger partial charge in [0.2, 0.25) is 0 Å². The highest BCUT2D eigenvalue weighted by molar-refractivity contribution is 5.74. The van der Waals surface area contributed by atoms with Crippen molar-refractivity contribution in [2.75, 3.05) is 13.2 Å². The molecule has 1 saturated carbocycles. The summed E-state index contributed by atoms with van der Waals surface area (Å²) in [7, 11) is 0. The van der Waals surface area contributed by atoms with Crippen molar-refractivity contribution in [3.8, 4) is 5.75 Å². The predicted octanol–water partition coefficient (Wildman–Crippen LogP) is 3.17. The van der Waals surface area contributed by atoms with Crippen LogP contribution in [0.25, 0.3) is 0 Å². The minimum Gasteiger partial charge on any atom is -0.494 e. The first-order valence-electron chi connectivity index (χ1n) is 8.42. The van der Waals surface area contributed by atoms with Crippen LogP contribution in [0.3, 0.4) is 0 Å². The zero-order valence-corrected chi connectivity index (χ0v) is 13.0. The van der Waals surface area contributed by atoms with E-state index in [1.165, 1.54) is 19.3 Å². The third-order valence-corrected chi connectivity index (χ3v) is 5.08. The molecule has 0 unspecified atom stereocenters. The lowest BCUT2D eigenvalue weighted by atomic mass is 9.85. The fourth-order valence-electron chi connectivity index (χ4n) is 4.07. The fourth-order valence-corrected chi connectivity index (χ4v) is 4.07. The number of likely N-dealkylation sites (tertiary alicyclic amines) is 1. The zero-order chi connectivity index (χ0) is 15.4. The van der Waals surface area contributed by atoms with E-state index >= 15 is 0 Å². The summed E-state index contributed by atoms with van der Waals surface area (Å²) in [5, 5.41) is 9.49. The standard InChI is InChI=1S/C18H25NO3/c20-18(21)17-13-14-7-4-5-10-16(14)19(17)11-6-12-22-15-8-2-1-3-9-15/h1-3,8-9,14,16-17H,4-7,10-13H2,(H,20,21)/t14-,16+,17-/m0/s1. The summed E-state index contributed by atoms with van der Waals surface area (Å²) in [6, 6.07) is 9.99. The minimum atomic E-state index is -0.654. The van der Waals surface area contributed by atoms with Crippen molar-refractivity contribution in [2.24, 2.45) is 5.92 Å². The molecule has 2 fully saturated rings. The summed E-state index contributed by atoms with van der Waals surface area (Å²) in [5.74, 6) is 0.817. The van der Waals surface area contributed by atoms with Crippen LogP contribution >= 0.6 is 0 Å². The Morgan fingerprint density at radius 1 is 1.23 bits per heavy atom. The van der Waals surface area contributed by atoms with E-state index in [2.05, 4.69) is 4.90 Å². The van der Waals surface area contributed by atoms with E-state index in [0.717, 1.165) is 31.6 Å². The van der Waals surface area contributed by atoms with Crippen LogP contribution in [-0.4, -0.2) is 41.2 Å². The normalized spacial score (nSPS) is 28.3. The van der Waals surface area contributed by atoms with E-state index in [1.54, 1.807) is 0 Å². The molecule has 1 aromatic carbocycles. The van der Waals surface area contributed by atoms with Gasteiger partial charge in [-0.3, -0.25) is 9.69 Å². The lowest BCUT2D eigenvalue weighted by molar-refractivity contribution is -0.142. The van der Waals surface area contributed by atoms with Crippen molar-refractivity contribution in [3.63, 3.8) is 0 Å². The van der Waals surface area contributed by atoms with Gasteiger partial charge in [0.1, 0.15) is 11.8 Å². The highest BCUT2D eigenvalue weighted by Gasteiger charge is 2.44. The Labute approximate surface area is 132 Å². The molecule has 1 saturated heterocycles. The molecular weight excluding hydrogens is 278 g/mol. The van der Waals surface area contributed by atoms with Gasteiger partial charge in [0.05, 0.1) is 6.61 Å². The summed E-state index contributed by atoms with van der Waals surface area (Å²) in [4.78, 5) is 13.8. The second-order valence-corrected chi connectivity index (χ2v) is 6.45. The average Bonchev–Trinajstić information content (AvgIpc) is 2.92. The molecule has 4 heteroatoms. The Hall–Kier alpha value is -1.55. The van der Waals surface area contributed by atoms with Gasteiger partial charge in [-0.25, -0.2) is 0 Å². The van der Waals surface area contributed by atoms with Gasteiger partial charge in [0.15, 0.2) is 0 Å². The van der Waals surface area contributed by atoms with Gasteiger partial charge in [0, 0.05) is 12.6 Å². The van der Waals surface area contributed by atoms with Crippen LogP contribution in [0.5, 0.6) is 5.75 Å². The van der Waals surface area contributed by atoms with E-state index in [9.17, 15) is 9.90 Å². The Morgan fingerprint density at radius 2 is 2.00 bits per heavy atom. The van der Waals surface area contributed by atoms with Crippen LogP contribution in [0.15, 0.2) is 30.3 Å². The minimum absolute atomic E-state index is 0.287. The Kier molecular flexibility index (Phi) is 4.98. The molecule has 1 aromatic rings. The molecule has 3 rings (SSSR count).